The molecule has 0 unspecified atom stereocenters. The van der Waals surface area contributed by atoms with Gasteiger partial charge >= 0.3 is 31.5 Å². The van der Waals surface area contributed by atoms with Gasteiger partial charge in [-0.25, -0.2) is 12.2 Å². The predicted octanol–water partition coefficient (Wildman–Crippen LogP) is -0.347. The van der Waals surface area contributed by atoms with Gasteiger partial charge in [0, 0.05) is 9.57 Å². The fourth-order valence-corrected chi connectivity index (χ4v) is 3.78. The van der Waals surface area contributed by atoms with E-state index in [2.05, 4.69) is 55.1 Å². The van der Waals surface area contributed by atoms with Crippen LogP contribution in [0.3, 0.4) is 0 Å². The first kappa shape index (κ1) is 22.7. The maximum absolute atomic E-state index is 4.17. The third kappa shape index (κ3) is 5.65. The summed E-state index contributed by atoms with van der Waals surface area (Å²) in [7, 11) is 4.17. The average Bonchev–Trinajstić information content (AvgIpc) is 3.21. The van der Waals surface area contributed by atoms with Crippen molar-refractivity contribution in [2.45, 2.75) is 6.42 Å². The molecule has 1 aliphatic heterocycles. The molecule has 0 spiro atoms. The summed E-state index contributed by atoms with van der Waals surface area (Å²) < 4.78 is 1.26. The number of rotatable bonds is 0. The van der Waals surface area contributed by atoms with Gasteiger partial charge < -0.3 is 24.8 Å². The van der Waals surface area contributed by atoms with Crippen molar-refractivity contribution in [2.75, 3.05) is 5.75 Å². The minimum absolute atomic E-state index is 0. The van der Waals surface area contributed by atoms with Crippen LogP contribution in [0.4, 0.5) is 0 Å². The van der Waals surface area contributed by atoms with Crippen LogP contribution in [0.15, 0.2) is 45.8 Å². The third-order valence-electron chi connectivity index (χ3n) is 2.93. The van der Waals surface area contributed by atoms with Crippen LogP contribution in [0.5, 0.6) is 0 Å². The summed E-state index contributed by atoms with van der Waals surface area (Å²) in [6, 6.07) is 9.46. The Bertz CT molecular complexity index is 614. The number of hydrogen-bond donors (Lipinski definition) is 0. The van der Waals surface area contributed by atoms with E-state index in [-0.39, 0.29) is 24.8 Å². The van der Waals surface area contributed by atoms with Gasteiger partial charge in [0.2, 0.25) is 0 Å². The van der Waals surface area contributed by atoms with Crippen LogP contribution < -0.4 is 24.8 Å². The number of allylic oxidation sites excluding steroid dienone is 5. The first-order valence-electron chi connectivity index (χ1n) is 6.03. The molecule has 0 fully saturated rings. The molecule has 2 aliphatic carbocycles. The van der Waals surface area contributed by atoms with Crippen LogP contribution in [-0.2, 0) is 22.7 Å². The molecule has 1 aromatic carbocycles. The van der Waals surface area contributed by atoms with Gasteiger partial charge in [0.1, 0.15) is 0 Å². The number of fused-ring (bicyclic) bond motifs is 3. The van der Waals surface area contributed by atoms with Crippen molar-refractivity contribution in [3.63, 3.8) is 0 Å². The van der Waals surface area contributed by atoms with Gasteiger partial charge in [-0.05, 0) is 0 Å². The second-order valence-electron chi connectivity index (χ2n) is 4.11. The quantitative estimate of drug-likeness (QED) is 0.439. The summed E-state index contributed by atoms with van der Waals surface area (Å²) in [6.45, 7) is 0. The van der Waals surface area contributed by atoms with Crippen LogP contribution in [0.25, 0.3) is 11.6 Å². The molecule has 22 heavy (non-hydrogen) atoms. The van der Waals surface area contributed by atoms with Crippen molar-refractivity contribution >= 4 is 48.2 Å². The zero-order valence-corrected chi connectivity index (χ0v) is 18.6. The molecule has 0 bridgehead atoms. The van der Waals surface area contributed by atoms with Gasteiger partial charge in [-0.1, -0.05) is 27.1 Å². The normalized spacial score (nSPS) is 15.3. The standard InChI is InChI=1S/C11H6BrS.C5H5.2ClH.S.Zr/c12-11-10-8(6-13-11)5-7-3-1-2-4-9(7)10;1-2-4-5-3-1;;;;/h1-3,5H,6H2;1-3H,4H2;2*1H;;/q2*-1;;;;+2/p-2. The molecule has 0 N–H and O–H groups in total. The second-order valence-corrected chi connectivity index (χ2v) is 6.41. The van der Waals surface area contributed by atoms with Crippen molar-refractivity contribution in [3.8, 4) is 0 Å². The Morgan fingerprint density at radius 1 is 1.27 bits per heavy atom. The van der Waals surface area contributed by atoms with E-state index in [0.29, 0.717) is 0 Å². The van der Waals surface area contributed by atoms with Crippen LogP contribution in [-0.4, -0.2) is 5.75 Å². The second kappa shape index (κ2) is 12.1. The van der Waals surface area contributed by atoms with Crippen molar-refractivity contribution in [1.82, 2.24) is 0 Å². The van der Waals surface area contributed by atoms with Gasteiger partial charge in [0.05, 0.1) is 0 Å². The molecule has 114 valence electrons. The Morgan fingerprint density at radius 3 is 2.64 bits per heavy atom. The first-order chi connectivity index (χ1) is 9.86. The van der Waals surface area contributed by atoms with E-state index in [4.69, 9.17) is 0 Å². The Balaban J connectivity index is 0.000000422. The van der Waals surface area contributed by atoms with Crippen molar-refractivity contribution < 1.29 is 47.5 Å². The average molecular weight is 509 g/mol. The van der Waals surface area contributed by atoms with E-state index in [1.165, 1.54) is 26.1 Å². The van der Waals surface area contributed by atoms with E-state index in [1.54, 1.807) is 0 Å². The molecular weight excluding hydrogens is 498 g/mol. The minimum atomic E-state index is 0. The van der Waals surface area contributed by atoms with Crippen molar-refractivity contribution in [2.24, 2.45) is 0 Å². The molecule has 0 nitrogen and oxygen atoms in total. The van der Waals surface area contributed by atoms with Gasteiger partial charge in [-0.2, -0.15) is 6.08 Å². The molecule has 4 rings (SSSR count). The fourth-order valence-electron chi connectivity index (χ4n) is 2.10. The molecule has 1 aromatic rings. The van der Waals surface area contributed by atoms with Crippen LogP contribution in [0.1, 0.15) is 17.5 Å². The molecular formula is C16H11BrCl2S2Zr-2. The van der Waals surface area contributed by atoms with Gasteiger partial charge in [-0.3, -0.25) is 6.08 Å². The zero-order chi connectivity index (χ0) is 14.4. The summed E-state index contributed by atoms with van der Waals surface area (Å²) in [5.74, 6) is 1.10. The molecule has 0 saturated carbocycles. The Kier molecular flexibility index (Phi) is 12.5. The molecule has 0 saturated heterocycles. The number of halogens is 3. The van der Waals surface area contributed by atoms with Crippen molar-refractivity contribution in [3.05, 3.63) is 69.1 Å². The number of hydrogen-bond acceptors (Lipinski definition) is 2. The van der Waals surface area contributed by atoms with Crippen LogP contribution in [0, 0.1) is 12.1 Å². The summed E-state index contributed by atoms with van der Waals surface area (Å²) in [5, 5.41) is 0. The Labute approximate surface area is 175 Å². The SMILES string of the molecule is BrC1=C2C(=Cc3ccc[c-]c32)CS1.[C-]1=CC=CC1.[Cl-].[Cl-].[S]=[Zr+2]. The molecule has 0 atom stereocenters. The Hall–Kier alpha value is 0.693. The number of benzene rings is 1. The molecule has 0 amide bonds. The molecule has 0 radical (unpaired) electrons. The van der Waals surface area contributed by atoms with Crippen LogP contribution in [0.2, 0.25) is 0 Å². The molecule has 6 heteroatoms. The number of thioether (sulfide) groups is 1. The van der Waals surface area contributed by atoms with E-state index in [9.17, 15) is 0 Å². The summed E-state index contributed by atoms with van der Waals surface area (Å²) in [5.41, 5.74) is 5.37. The van der Waals surface area contributed by atoms with Crippen LogP contribution >= 0.6 is 36.5 Å². The fraction of sp³-hybridized carbons (Fsp3) is 0.125. The zero-order valence-electron chi connectivity index (χ0n) is 11.4. The monoisotopic (exact) mass is 506 g/mol. The van der Waals surface area contributed by atoms with E-state index >= 15 is 0 Å². The van der Waals surface area contributed by atoms with Gasteiger partial charge in [0.25, 0.3) is 0 Å². The van der Waals surface area contributed by atoms with E-state index in [1.807, 2.05) is 36.0 Å². The molecule has 0 aromatic heterocycles. The Morgan fingerprint density at radius 2 is 2.05 bits per heavy atom. The third-order valence-corrected chi connectivity index (χ3v) is 4.92. The van der Waals surface area contributed by atoms with E-state index < -0.39 is 0 Å². The molecule has 1 heterocycles. The van der Waals surface area contributed by atoms with E-state index in [0.717, 1.165) is 34.9 Å². The first-order valence-corrected chi connectivity index (χ1v) is 11.2. The summed E-state index contributed by atoms with van der Waals surface area (Å²) >= 11 is 6.59. The van der Waals surface area contributed by atoms with Gasteiger partial charge in [0.15, 0.2) is 0 Å². The predicted molar refractivity (Wildman–Crippen MR) is 90.7 cm³/mol. The topological polar surface area (TPSA) is 0 Å². The van der Waals surface area contributed by atoms with Gasteiger partial charge in [-0.15, -0.1) is 59.7 Å². The van der Waals surface area contributed by atoms with Crippen molar-refractivity contribution in [1.29, 1.82) is 0 Å². The summed E-state index contributed by atoms with van der Waals surface area (Å²) in [6.07, 6.45) is 12.3. The maximum atomic E-state index is 4.17. The molecule has 3 aliphatic rings. The summed E-state index contributed by atoms with van der Waals surface area (Å²) in [4.78, 5) is 0.